The molecule has 0 radical (unpaired) electrons. The van der Waals surface area contributed by atoms with Gasteiger partial charge in [0.1, 0.15) is 0 Å². The van der Waals surface area contributed by atoms with E-state index in [1.807, 2.05) is 19.9 Å². The Hall–Kier alpha value is -0.190. The van der Waals surface area contributed by atoms with Crippen molar-refractivity contribution in [1.82, 2.24) is 5.32 Å². The lowest BCUT2D eigenvalue weighted by Gasteiger charge is -2.26. The molecule has 11 heavy (non-hydrogen) atoms. The molecule has 0 amide bonds. The molecule has 0 aromatic rings. The largest absolute Gasteiger partial charge is 0.598 e. The van der Waals surface area contributed by atoms with Crippen LogP contribution in [0.15, 0.2) is 11.8 Å². The van der Waals surface area contributed by atoms with Crippen LogP contribution in [0.25, 0.3) is 0 Å². The monoisotopic (exact) mass is 174 g/mol. The van der Waals surface area contributed by atoms with Crippen LogP contribution in [0.5, 0.6) is 0 Å². The topological polar surface area (TPSA) is 61.1 Å². The van der Waals surface area contributed by atoms with E-state index in [9.17, 15) is 4.55 Å². The second-order valence-corrected chi connectivity index (χ2v) is 4.89. The van der Waals surface area contributed by atoms with Gasteiger partial charge in [0.05, 0.1) is 0 Å². The molecule has 3 nitrogen and oxygen atoms in total. The maximum absolute atomic E-state index is 11.0. The molecule has 0 aromatic heterocycles. The normalized spacial score (nSPS) is 24.2. The summed E-state index contributed by atoms with van der Waals surface area (Å²) in [4.78, 5) is 0. The number of nitrogens with one attached hydrogen (secondary N) is 1. The Kier molecular flexibility index (Phi) is 2.47. The third-order valence-corrected chi connectivity index (χ3v) is 2.94. The summed E-state index contributed by atoms with van der Waals surface area (Å²) in [6, 6.07) is 0. The highest BCUT2D eigenvalue weighted by atomic mass is 32.2. The summed E-state index contributed by atoms with van der Waals surface area (Å²) in [5.74, 6) is 0. The molecule has 1 aliphatic rings. The molecule has 1 rings (SSSR count). The van der Waals surface area contributed by atoms with Gasteiger partial charge in [-0.15, -0.1) is 0 Å². The molecule has 1 unspecified atom stereocenters. The fourth-order valence-electron chi connectivity index (χ4n) is 0.870. The summed E-state index contributed by atoms with van der Waals surface area (Å²) < 4.78 is 10.6. The zero-order valence-corrected chi connectivity index (χ0v) is 7.70. The Morgan fingerprint density at radius 1 is 1.73 bits per heavy atom. The van der Waals surface area contributed by atoms with Crippen LogP contribution in [0.1, 0.15) is 20.3 Å². The highest BCUT2D eigenvalue weighted by Crippen LogP contribution is 2.19. The Balaban J connectivity index is 2.57. The molecular formula is C7H14N2OS. The Bertz CT molecular complexity index is 171. The van der Waals surface area contributed by atoms with Gasteiger partial charge in [-0.3, -0.25) is 0 Å². The van der Waals surface area contributed by atoms with Crippen LogP contribution < -0.4 is 10.5 Å². The van der Waals surface area contributed by atoms with Gasteiger partial charge in [0, 0.05) is 30.0 Å². The number of hydrogen-bond donors (Lipinski definition) is 2. The molecular weight excluding hydrogens is 160 g/mol. The molecule has 64 valence electrons. The minimum atomic E-state index is -1.28. The summed E-state index contributed by atoms with van der Waals surface area (Å²) >= 11 is -1.28. The van der Waals surface area contributed by atoms with Gasteiger partial charge >= 0.3 is 0 Å². The van der Waals surface area contributed by atoms with Crippen molar-refractivity contribution in [3.8, 4) is 0 Å². The number of hydrogen-bond acceptors (Lipinski definition) is 3. The first-order valence-corrected chi connectivity index (χ1v) is 4.85. The standard InChI is InChI=1S/C7H14N2OS/c1-7(2,11(8)10)5-6-3-4-9-6/h5,9H,3-4,8H2,1-2H3. The first-order valence-electron chi connectivity index (χ1n) is 3.64. The van der Waals surface area contributed by atoms with Crippen molar-refractivity contribution in [3.63, 3.8) is 0 Å². The molecule has 1 saturated heterocycles. The van der Waals surface area contributed by atoms with E-state index in [2.05, 4.69) is 5.32 Å². The highest BCUT2D eigenvalue weighted by molar-refractivity contribution is 7.90. The van der Waals surface area contributed by atoms with E-state index in [-0.39, 0.29) is 0 Å². The molecule has 1 fully saturated rings. The van der Waals surface area contributed by atoms with E-state index in [0.29, 0.717) is 0 Å². The minimum Gasteiger partial charge on any atom is -0.598 e. The molecule has 0 bridgehead atoms. The average molecular weight is 174 g/mol. The molecule has 1 atom stereocenters. The van der Waals surface area contributed by atoms with E-state index in [1.165, 1.54) is 0 Å². The predicted octanol–water partition coefficient (Wildman–Crippen LogP) is 0.265. The van der Waals surface area contributed by atoms with Crippen molar-refractivity contribution in [2.75, 3.05) is 6.54 Å². The van der Waals surface area contributed by atoms with Crippen molar-refractivity contribution >= 4 is 11.4 Å². The summed E-state index contributed by atoms with van der Waals surface area (Å²) in [6.45, 7) is 4.77. The van der Waals surface area contributed by atoms with Gasteiger partial charge in [0.2, 0.25) is 0 Å². The van der Waals surface area contributed by atoms with Crippen molar-refractivity contribution < 1.29 is 4.55 Å². The van der Waals surface area contributed by atoms with Crippen LogP contribution in [0, 0.1) is 0 Å². The molecule has 0 saturated carbocycles. The van der Waals surface area contributed by atoms with E-state index >= 15 is 0 Å². The van der Waals surface area contributed by atoms with Crippen LogP contribution in [-0.2, 0) is 11.4 Å². The first kappa shape index (κ1) is 8.90. The van der Waals surface area contributed by atoms with Crippen LogP contribution in [-0.4, -0.2) is 15.8 Å². The van der Waals surface area contributed by atoms with Gasteiger partial charge in [0.15, 0.2) is 4.75 Å². The highest BCUT2D eigenvalue weighted by Gasteiger charge is 2.28. The lowest BCUT2D eigenvalue weighted by Crippen LogP contribution is -2.39. The molecule has 1 heterocycles. The Morgan fingerprint density at radius 3 is 2.55 bits per heavy atom. The van der Waals surface area contributed by atoms with Gasteiger partial charge in [-0.05, 0) is 19.9 Å². The van der Waals surface area contributed by atoms with Crippen molar-refractivity contribution in [3.05, 3.63) is 11.8 Å². The summed E-state index contributed by atoms with van der Waals surface area (Å²) in [5.41, 5.74) is 1.16. The second kappa shape index (κ2) is 3.05. The fourth-order valence-corrected chi connectivity index (χ4v) is 1.13. The number of nitrogens with two attached hydrogens (primary N) is 1. The molecule has 1 aliphatic heterocycles. The van der Waals surface area contributed by atoms with Gasteiger partial charge in [0.25, 0.3) is 0 Å². The van der Waals surface area contributed by atoms with E-state index < -0.39 is 16.1 Å². The van der Waals surface area contributed by atoms with Crippen molar-refractivity contribution in [1.29, 1.82) is 0 Å². The average Bonchev–Trinajstić information content (AvgIpc) is 1.79. The predicted molar refractivity (Wildman–Crippen MR) is 47.1 cm³/mol. The number of rotatable bonds is 2. The van der Waals surface area contributed by atoms with E-state index in [4.69, 9.17) is 5.14 Å². The van der Waals surface area contributed by atoms with Crippen molar-refractivity contribution in [2.45, 2.75) is 25.0 Å². The molecule has 0 aromatic carbocycles. The quantitative estimate of drug-likeness (QED) is 0.590. The van der Waals surface area contributed by atoms with Gasteiger partial charge in [-0.1, -0.05) is 0 Å². The summed E-state index contributed by atoms with van der Waals surface area (Å²) in [5, 5.41) is 8.42. The fraction of sp³-hybridized carbons (Fsp3) is 0.714. The van der Waals surface area contributed by atoms with E-state index in [1.54, 1.807) is 0 Å². The van der Waals surface area contributed by atoms with Gasteiger partial charge in [-0.2, -0.15) is 5.14 Å². The van der Waals surface area contributed by atoms with E-state index in [0.717, 1.165) is 18.7 Å². The van der Waals surface area contributed by atoms with Gasteiger partial charge < -0.3 is 9.87 Å². The Morgan fingerprint density at radius 2 is 2.27 bits per heavy atom. The Labute approximate surface area is 70.4 Å². The lowest BCUT2D eigenvalue weighted by atomic mass is 10.1. The molecule has 0 spiro atoms. The van der Waals surface area contributed by atoms with Gasteiger partial charge in [-0.25, -0.2) is 0 Å². The third-order valence-electron chi connectivity index (χ3n) is 1.79. The van der Waals surface area contributed by atoms with Crippen LogP contribution in [0.3, 0.4) is 0 Å². The lowest BCUT2D eigenvalue weighted by molar-refractivity contribution is 0.564. The van der Waals surface area contributed by atoms with Crippen LogP contribution in [0.2, 0.25) is 0 Å². The minimum absolute atomic E-state index is 0.400. The summed E-state index contributed by atoms with van der Waals surface area (Å²) in [6.07, 6.45) is 3.01. The SMILES string of the molecule is CC(C)(C=C1CCN1)[S+](N)[O-]. The molecule has 0 aliphatic carbocycles. The third kappa shape index (κ3) is 2.12. The maximum Gasteiger partial charge on any atom is 0.159 e. The molecule has 4 heteroatoms. The summed E-state index contributed by atoms with van der Waals surface area (Å²) in [7, 11) is 0. The van der Waals surface area contributed by atoms with Crippen LogP contribution >= 0.6 is 0 Å². The smallest absolute Gasteiger partial charge is 0.159 e. The maximum atomic E-state index is 11.0. The molecule has 3 N–H and O–H groups in total. The first-order chi connectivity index (χ1) is 5.02. The zero-order chi connectivity index (χ0) is 8.48. The van der Waals surface area contributed by atoms with Crippen LogP contribution in [0.4, 0.5) is 0 Å². The zero-order valence-electron chi connectivity index (χ0n) is 6.89. The van der Waals surface area contributed by atoms with Crippen molar-refractivity contribution in [2.24, 2.45) is 5.14 Å². The second-order valence-electron chi connectivity index (χ2n) is 3.25.